The average molecular weight is 669 g/mol. The molecule has 0 aromatic heterocycles. The van der Waals surface area contributed by atoms with Crippen LogP contribution in [0.15, 0.2) is 141 Å². The Balaban J connectivity index is 1.75. The molecule has 14 heteroatoms. The number of rotatable bonds is 12. The highest BCUT2D eigenvalue weighted by Gasteiger charge is 2.43. The van der Waals surface area contributed by atoms with Crippen molar-refractivity contribution in [1.29, 1.82) is 0 Å². The van der Waals surface area contributed by atoms with E-state index in [-0.39, 0.29) is 26.0 Å². The Kier molecular flexibility index (Phi) is 9.84. The summed E-state index contributed by atoms with van der Waals surface area (Å²) in [6.45, 7) is 0. The highest BCUT2D eigenvalue weighted by molar-refractivity contribution is 8.83. The second-order valence-corrected chi connectivity index (χ2v) is 29.0. The number of benzene rings is 4. The molecular weight excluding hydrogens is 643 g/mol. The van der Waals surface area contributed by atoms with Gasteiger partial charge >= 0.3 is 0 Å². The molecule has 0 saturated carbocycles. The Morgan fingerprint density at radius 1 is 0.341 bits per heavy atom. The van der Waals surface area contributed by atoms with Gasteiger partial charge in [0.15, 0.2) is 12.7 Å². The van der Waals surface area contributed by atoms with Crippen molar-refractivity contribution in [2.45, 2.75) is 26.0 Å². The molecule has 0 fully saturated rings. The van der Waals surface area contributed by atoms with Crippen LogP contribution in [0.2, 0.25) is 0 Å². The van der Waals surface area contributed by atoms with Crippen molar-refractivity contribution in [3.63, 3.8) is 0 Å². The van der Waals surface area contributed by atoms with Gasteiger partial charge in [-0.15, -0.1) is 0 Å². The molecule has 0 bridgehead atoms. The van der Waals surface area contributed by atoms with Crippen LogP contribution in [-0.4, -0.2) is 46.0 Å². The highest BCUT2D eigenvalue weighted by Crippen LogP contribution is 2.59. The third kappa shape index (κ3) is 6.79. The molecule has 0 spiro atoms. The lowest BCUT2D eigenvalue weighted by Crippen LogP contribution is -2.14. The first-order valence-corrected chi connectivity index (χ1v) is 23.6. The van der Waals surface area contributed by atoms with Crippen LogP contribution in [0.25, 0.3) is 0 Å². The van der Waals surface area contributed by atoms with Gasteiger partial charge in [0.05, 0.1) is 19.6 Å². The van der Waals surface area contributed by atoms with Crippen LogP contribution in [0.4, 0.5) is 0 Å². The van der Waals surface area contributed by atoms with Crippen molar-refractivity contribution in [2.24, 2.45) is 0 Å². The molecule has 0 N–H and O–H groups in total. The predicted octanol–water partition coefficient (Wildman–Crippen LogP) is 5.90. The van der Waals surface area contributed by atoms with E-state index in [1.807, 2.05) is 0 Å². The first-order chi connectivity index (χ1) is 19.4. The van der Waals surface area contributed by atoms with Gasteiger partial charge in [-0.1, -0.05) is 72.8 Å². The van der Waals surface area contributed by atoms with E-state index < -0.39 is 62.8 Å². The van der Waals surface area contributed by atoms with Gasteiger partial charge in [0.25, 0.3) is 0 Å². The standard InChI is InChI=1S/C27H26O8P2S4/c28-38(29,24-14-5-1-6-15-24)36(39(30,31)25-16-7-2-8-17-25)22-13-23-37(40(32,33)26-18-9-3-10-19-26)41(34,35)27-20-11-4-12-21-27/h1-12,14-21H,13,22-23H2. The summed E-state index contributed by atoms with van der Waals surface area (Å²) in [5.74, 6) is 0. The van der Waals surface area contributed by atoms with Gasteiger partial charge in [-0.3, -0.25) is 0 Å². The van der Waals surface area contributed by atoms with Crippen molar-refractivity contribution >= 4 is 50.5 Å². The highest BCUT2D eigenvalue weighted by atomic mass is 33.1. The largest absolute Gasteiger partial charge is 0.218 e. The lowest BCUT2D eigenvalue weighted by atomic mass is 10.4. The SMILES string of the molecule is O=S(=O)(c1ccccc1)P(CCCP(S(=O)(=O)c1ccccc1)S(=O)(=O)c1ccccc1)S(=O)(=O)c1ccccc1. The third-order valence-corrected chi connectivity index (χ3v) is 31.1. The van der Waals surface area contributed by atoms with Crippen LogP contribution in [0, 0.1) is 0 Å². The van der Waals surface area contributed by atoms with Crippen molar-refractivity contribution in [3.8, 4) is 0 Å². The molecule has 0 amide bonds. The van der Waals surface area contributed by atoms with E-state index in [0.29, 0.717) is 0 Å². The lowest BCUT2D eigenvalue weighted by molar-refractivity contribution is 0.603. The second kappa shape index (κ2) is 12.8. The molecule has 4 rings (SSSR count). The molecule has 41 heavy (non-hydrogen) atoms. The van der Waals surface area contributed by atoms with E-state index in [0.717, 1.165) is 0 Å². The second-order valence-electron chi connectivity index (χ2n) is 8.62. The van der Waals surface area contributed by atoms with Crippen molar-refractivity contribution in [2.75, 3.05) is 12.3 Å². The van der Waals surface area contributed by atoms with Gasteiger partial charge in [-0.2, -0.15) is 0 Å². The van der Waals surface area contributed by atoms with Crippen molar-refractivity contribution in [1.82, 2.24) is 0 Å². The maximum Gasteiger partial charge on any atom is 0.210 e. The molecule has 4 aromatic rings. The molecular formula is C27H26O8P2S4. The molecule has 0 unspecified atom stereocenters. The fraction of sp³-hybridized carbons (Fsp3) is 0.111. The molecule has 216 valence electrons. The summed E-state index contributed by atoms with van der Waals surface area (Å²) < 4.78 is 109. The fourth-order valence-electron chi connectivity index (χ4n) is 3.91. The van der Waals surface area contributed by atoms with E-state index in [9.17, 15) is 33.7 Å². The van der Waals surface area contributed by atoms with Crippen molar-refractivity contribution in [3.05, 3.63) is 121 Å². The Morgan fingerprint density at radius 2 is 0.537 bits per heavy atom. The summed E-state index contributed by atoms with van der Waals surface area (Å²) in [4.78, 5) is -0.716. The van der Waals surface area contributed by atoms with Gasteiger partial charge < -0.3 is 0 Å². The predicted molar refractivity (Wildman–Crippen MR) is 163 cm³/mol. The van der Waals surface area contributed by atoms with Gasteiger partial charge in [0, 0.05) is 0 Å². The molecule has 4 aromatic carbocycles. The van der Waals surface area contributed by atoms with E-state index >= 15 is 0 Å². The van der Waals surface area contributed by atoms with Gasteiger partial charge in [0.2, 0.25) is 37.8 Å². The van der Waals surface area contributed by atoms with Gasteiger partial charge in [-0.05, 0) is 67.3 Å². The summed E-state index contributed by atoms with van der Waals surface area (Å²) >= 11 is 0. The zero-order valence-electron chi connectivity index (χ0n) is 21.5. The summed E-state index contributed by atoms with van der Waals surface area (Å²) in [5, 5.41) is 0. The molecule has 0 atom stereocenters. The van der Waals surface area contributed by atoms with Crippen LogP contribution in [-0.2, 0) is 37.8 Å². The lowest BCUT2D eigenvalue weighted by Gasteiger charge is -2.21. The molecule has 0 aliphatic heterocycles. The van der Waals surface area contributed by atoms with E-state index in [4.69, 9.17) is 0 Å². The molecule has 0 aliphatic carbocycles. The number of hydrogen-bond acceptors (Lipinski definition) is 8. The minimum atomic E-state index is -4.39. The molecule has 0 saturated heterocycles. The number of hydrogen-bond donors (Lipinski definition) is 0. The monoisotopic (exact) mass is 668 g/mol. The minimum absolute atomic E-state index is 0.179. The zero-order chi connectivity index (χ0) is 29.7. The molecule has 0 radical (unpaired) electrons. The summed E-state index contributed by atoms with van der Waals surface area (Å²) in [6, 6.07) is 28.7. The zero-order valence-corrected chi connectivity index (χ0v) is 26.5. The Bertz CT molecular complexity index is 1620. The average Bonchev–Trinajstić information content (AvgIpc) is 2.98. The van der Waals surface area contributed by atoms with Crippen LogP contribution < -0.4 is 0 Å². The van der Waals surface area contributed by atoms with Gasteiger partial charge in [0.1, 0.15) is 0 Å². The van der Waals surface area contributed by atoms with Crippen LogP contribution >= 0.6 is 12.7 Å². The smallest absolute Gasteiger partial charge is 0.210 e. The van der Waals surface area contributed by atoms with Crippen LogP contribution in [0.1, 0.15) is 6.42 Å². The maximum absolute atomic E-state index is 13.7. The first-order valence-electron chi connectivity index (χ1n) is 12.2. The first kappa shape index (κ1) is 31.5. The van der Waals surface area contributed by atoms with E-state index in [1.165, 1.54) is 97.1 Å². The van der Waals surface area contributed by atoms with Gasteiger partial charge in [-0.25, -0.2) is 33.7 Å². The third-order valence-electron chi connectivity index (χ3n) is 5.92. The Hall–Kier alpha value is -2.46. The van der Waals surface area contributed by atoms with E-state index in [1.54, 1.807) is 24.3 Å². The molecule has 0 aliphatic rings. The summed E-state index contributed by atoms with van der Waals surface area (Å²) in [5.41, 5.74) is 0. The Morgan fingerprint density at radius 3 is 0.732 bits per heavy atom. The molecule has 8 nitrogen and oxygen atoms in total. The fourth-order valence-corrected chi connectivity index (χ4v) is 27.4. The Labute approximate surface area is 242 Å². The van der Waals surface area contributed by atoms with E-state index in [2.05, 4.69) is 0 Å². The normalized spacial score (nSPS) is 12.9. The quantitative estimate of drug-likeness (QED) is 0.170. The van der Waals surface area contributed by atoms with Crippen LogP contribution in [0.3, 0.4) is 0 Å². The van der Waals surface area contributed by atoms with Crippen LogP contribution in [0.5, 0.6) is 0 Å². The van der Waals surface area contributed by atoms with Crippen molar-refractivity contribution < 1.29 is 33.7 Å². The molecule has 0 heterocycles. The summed E-state index contributed by atoms with van der Waals surface area (Å²) in [6.07, 6.45) is -6.86. The minimum Gasteiger partial charge on any atom is -0.218 e. The summed E-state index contributed by atoms with van der Waals surface area (Å²) in [7, 11) is -17.6. The maximum atomic E-state index is 13.7. The topological polar surface area (TPSA) is 137 Å².